The minimum absolute atomic E-state index is 0.0470. The number of aromatic nitrogens is 2. The van der Waals surface area contributed by atoms with Gasteiger partial charge in [-0.05, 0) is 62.4 Å². The number of carbonyl (C=O) groups is 1. The van der Waals surface area contributed by atoms with E-state index in [-0.39, 0.29) is 17.5 Å². The molecule has 1 aliphatic carbocycles. The van der Waals surface area contributed by atoms with Crippen LogP contribution in [0.2, 0.25) is 0 Å². The van der Waals surface area contributed by atoms with Gasteiger partial charge in [0.2, 0.25) is 5.91 Å². The molecule has 7 nitrogen and oxygen atoms in total. The third kappa shape index (κ3) is 5.41. The number of likely N-dealkylation sites (N-methyl/N-ethyl adjacent to an activating group) is 1. The second-order valence-corrected chi connectivity index (χ2v) is 8.47. The third-order valence-corrected chi connectivity index (χ3v) is 6.09. The van der Waals surface area contributed by atoms with Gasteiger partial charge in [0.05, 0.1) is 0 Å². The van der Waals surface area contributed by atoms with Crippen LogP contribution in [0.4, 0.5) is 5.69 Å². The van der Waals surface area contributed by atoms with Crippen molar-refractivity contribution >= 4 is 11.6 Å². The summed E-state index contributed by atoms with van der Waals surface area (Å²) in [4.78, 5) is 36.7. The number of rotatable bonds is 8. The van der Waals surface area contributed by atoms with Crippen LogP contribution in [0, 0.1) is 5.92 Å². The molecule has 0 bridgehead atoms. The Bertz CT molecular complexity index is 967. The smallest absolute Gasteiger partial charge is 0.271 e. The van der Waals surface area contributed by atoms with Gasteiger partial charge in [-0.15, -0.1) is 0 Å². The molecule has 2 aliphatic rings. The van der Waals surface area contributed by atoms with Gasteiger partial charge in [-0.2, -0.15) is 0 Å². The lowest BCUT2D eigenvalue weighted by Gasteiger charge is -2.40. The van der Waals surface area contributed by atoms with E-state index in [1.54, 1.807) is 24.7 Å². The van der Waals surface area contributed by atoms with Crippen LogP contribution in [0.3, 0.4) is 0 Å². The van der Waals surface area contributed by atoms with E-state index in [2.05, 4.69) is 20.2 Å². The van der Waals surface area contributed by atoms with Crippen molar-refractivity contribution in [3.05, 3.63) is 59.3 Å². The quantitative estimate of drug-likeness (QED) is 0.640. The van der Waals surface area contributed by atoms with E-state index < -0.39 is 0 Å². The predicted molar refractivity (Wildman–Crippen MR) is 123 cm³/mol. The minimum Gasteiger partial charge on any atom is -0.362 e. The van der Waals surface area contributed by atoms with Crippen LogP contribution >= 0.6 is 0 Å². The second kappa shape index (κ2) is 9.92. The minimum atomic E-state index is -0.0733. The first-order chi connectivity index (χ1) is 15.2. The highest BCUT2D eigenvalue weighted by Crippen LogP contribution is 2.33. The summed E-state index contributed by atoms with van der Waals surface area (Å²) >= 11 is 0. The largest absolute Gasteiger partial charge is 0.362 e. The highest BCUT2D eigenvalue weighted by atomic mass is 16.2. The van der Waals surface area contributed by atoms with Crippen LogP contribution in [0.5, 0.6) is 0 Å². The molecule has 1 aliphatic heterocycles. The van der Waals surface area contributed by atoms with Gasteiger partial charge in [0.25, 0.3) is 5.56 Å². The summed E-state index contributed by atoms with van der Waals surface area (Å²) in [6, 6.07) is 6.02. The van der Waals surface area contributed by atoms with Gasteiger partial charge in [-0.1, -0.05) is 6.08 Å². The van der Waals surface area contributed by atoms with Crippen LogP contribution in [-0.2, 0) is 4.79 Å². The molecule has 3 heterocycles. The SMILES string of the molecule is CNCC=CC(=O)N1CCCC(N(CC2CC2)c2cc(-c3ccncc3)c[nH]c2=O)C1. The number of H-pyrrole nitrogens is 1. The normalized spacial score (nSPS) is 19.0. The van der Waals surface area contributed by atoms with Gasteiger partial charge < -0.3 is 20.1 Å². The van der Waals surface area contributed by atoms with Gasteiger partial charge in [0, 0.05) is 62.5 Å². The van der Waals surface area contributed by atoms with Gasteiger partial charge in [0.15, 0.2) is 0 Å². The number of piperidine rings is 1. The fraction of sp³-hybridized carbons (Fsp3) is 0.458. The Morgan fingerprint density at radius 1 is 1.29 bits per heavy atom. The van der Waals surface area contributed by atoms with Crippen molar-refractivity contribution in [2.24, 2.45) is 5.92 Å². The zero-order valence-electron chi connectivity index (χ0n) is 18.1. The van der Waals surface area contributed by atoms with Crippen LogP contribution in [0.25, 0.3) is 11.1 Å². The monoisotopic (exact) mass is 421 g/mol. The lowest BCUT2D eigenvalue weighted by Crippen LogP contribution is -2.51. The van der Waals surface area contributed by atoms with Crippen molar-refractivity contribution in [2.45, 2.75) is 31.7 Å². The first kappa shape index (κ1) is 21.3. The molecule has 1 unspecified atom stereocenters. The average molecular weight is 422 g/mol. The molecule has 1 amide bonds. The topological polar surface area (TPSA) is 81.3 Å². The zero-order valence-corrected chi connectivity index (χ0v) is 18.1. The van der Waals surface area contributed by atoms with Gasteiger partial charge in [-0.3, -0.25) is 14.6 Å². The molecule has 7 heteroatoms. The summed E-state index contributed by atoms with van der Waals surface area (Å²) < 4.78 is 0. The van der Waals surface area contributed by atoms with Crippen LogP contribution in [-0.4, -0.2) is 60.0 Å². The molecule has 2 aromatic heterocycles. The maximum atomic E-state index is 12.9. The Labute approximate surface area is 183 Å². The molecule has 1 saturated carbocycles. The Morgan fingerprint density at radius 3 is 2.84 bits per heavy atom. The van der Waals surface area contributed by atoms with Crippen LogP contribution in [0.15, 0.2) is 53.7 Å². The Balaban J connectivity index is 1.59. The van der Waals surface area contributed by atoms with E-state index in [0.717, 1.165) is 37.1 Å². The lowest BCUT2D eigenvalue weighted by atomic mass is 10.0. The molecule has 2 fully saturated rings. The van der Waals surface area contributed by atoms with Crippen molar-refractivity contribution < 1.29 is 4.79 Å². The highest BCUT2D eigenvalue weighted by Gasteiger charge is 2.33. The molecule has 0 radical (unpaired) electrons. The molecular weight excluding hydrogens is 390 g/mol. The summed E-state index contributed by atoms with van der Waals surface area (Å²) in [6.45, 7) is 2.96. The van der Waals surface area contributed by atoms with Gasteiger partial charge in [0.1, 0.15) is 5.69 Å². The second-order valence-electron chi connectivity index (χ2n) is 8.47. The number of nitrogens with zero attached hydrogens (tertiary/aromatic N) is 3. The Kier molecular flexibility index (Phi) is 6.82. The van der Waals surface area contributed by atoms with Crippen molar-refractivity contribution in [2.75, 3.05) is 38.1 Å². The number of pyridine rings is 2. The van der Waals surface area contributed by atoms with Crippen molar-refractivity contribution in [1.82, 2.24) is 20.2 Å². The average Bonchev–Trinajstić information content (AvgIpc) is 3.63. The number of likely N-dealkylation sites (tertiary alicyclic amines) is 1. The molecule has 31 heavy (non-hydrogen) atoms. The van der Waals surface area contributed by atoms with Crippen molar-refractivity contribution in [3.8, 4) is 11.1 Å². The molecule has 2 N–H and O–H groups in total. The van der Waals surface area contributed by atoms with E-state index in [0.29, 0.717) is 24.7 Å². The molecular formula is C24H31N5O2. The predicted octanol–water partition coefficient (Wildman–Crippen LogP) is 2.42. The Hall–Kier alpha value is -2.93. The first-order valence-electron chi connectivity index (χ1n) is 11.2. The zero-order chi connectivity index (χ0) is 21.6. The summed E-state index contributed by atoms with van der Waals surface area (Å²) in [7, 11) is 1.86. The van der Waals surface area contributed by atoms with Crippen LogP contribution < -0.4 is 15.8 Å². The summed E-state index contributed by atoms with van der Waals surface area (Å²) in [6.07, 6.45) is 13.1. The number of aromatic amines is 1. The molecule has 164 valence electrons. The molecule has 1 saturated heterocycles. The highest BCUT2D eigenvalue weighted by molar-refractivity contribution is 5.87. The first-order valence-corrected chi connectivity index (χ1v) is 11.2. The molecule has 2 aromatic rings. The Morgan fingerprint density at radius 2 is 2.10 bits per heavy atom. The maximum Gasteiger partial charge on any atom is 0.271 e. The van der Waals surface area contributed by atoms with Crippen molar-refractivity contribution in [1.29, 1.82) is 0 Å². The van der Waals surface area contributed by atoms with Crippen molar-refractivity contribution in [3.63, 3.8) is 0 Å². The van der Waals surface area contributed by atoms with E-state index in [1.165, 1.54) is 12.8 Å². The molecule has 0 spiro atoms. The summed E-state index contributed by atoms with van der Waals surface area (Å²) in [5.74, 6) is 0.677. The summed E-state index contributed by atoms with van der Waals surface area (Å²) in [5.41, 5.74) is 2.62. The third-order valence-electron chi connectivity index (χ3n) is 6.09. The molecule has 1 atom stereocenters. The number of anilines is 1. The van der Waals surface area contributed by atoms with E-state index in [1.807, 2.05) is 36.2 Å². The number of hydrogen-bond donors (Lipinski definition) is 2. The van der Waals surface area contributed by atoms with E-state index in [4.69, 9.17) is 0 Å². The number of carbonyl (C=O) groups excluding carboxylic acids is 1. The number of nitrogens with one attached hydrogen (secondary N) is 2. The number of hydrogen-bond acceptors (Lipinski definition) is 5. The van der Waals surface area contributed by atoms with E-state index >= 15 is 0 Å². The van der Waals surface area contributed by atoms with Gasteiger partial charge in [-0.25, -0.2) is 0 Å². The fourth-order valence-electron chi connectivity index (χ4n) is 4.21. The number of amides is 1. The summed E-state index contributed by atoms with van der Waals surface area (Å²) in [5, 5.41) is 3.02. The maximum absolute atomic E-state index is 12.9. The molecule has 0 aromatic carbocycles. The lowest BCUT2D eigenvalue weighted by molar-refractivity contribution is -0.127. The fourth-order valence-corrected chi connectivity index (χ4v) is 4.21. The van der Waals surface area contributed by atoms with E-state index in [9.17, 15) is 9.59 Å². The van der Waals surface area contributed by atoms with Crippen LogP contribution in [0.1, 0.15) is 25.7 Å². The van der Waals surface area contributed by atoms with Gasteiger partial charge >= 0.3 is 0 Å². The molecule has 4 rings (SSSR count). The standard InChI is InChI=1S/C24H31N5O2/c1-25-10-2-5-23(30)28-13-3-4-21(17-28)29(16-18-6-7-18)22-14-20(15-27-24(22)31)19-8-11-26-12-9-19/h2,5,8-9,11-12,14-15,18,21,25H,3-4,6-7,10,13,16-17H2,1H3,(H,27,31).